The first-order chi connectivity index (χ1) is 8.77. The second-order valence-corrected chi connectivity index (χ2v) is 4.47. The molecular formula is C14H14IrN4-2. The van der Waals surface area contributed by atoms with Gasteiger partial charge in [0.15, 0.2) is 0 Å². The molecular weight excluding hydrogens is 416 g/mol. The Labute approximate surface area is 126 Å². The summed E-state index contributed by atoms with van der Waals surface area (Å²) in [4.78, 5) is 12.7. The van der Waals surface area contributed by atoms with Crippen molar-refractivity contribution in [3.8, 4) is 0 Å². The van der Waals surface area contributed by atoms with E-state index in [1.165, 1.54) is 0 Å². The minimum absolute atomic E-state index is 0. The third-order valence-corrected chi connectivity index (χ3v) is 2.93. The number of benzene rings is 1. The van der Waals surface area contributed by atoms with E-state index >= 15 is 0 Å². The molecule has 101 valence electrons. The van der Waals surface area contributed by atoms with E-state index in [4.69, 9.17) is 0 Å². The normalized spacial score (nSPS) is 13.4. The molecule has 1 aliphatic heterocycles. The van der Waals surface area contributed by atoms with Crippen LogP contribution in [0, 0.1) is 12.7 Å². The first-order valence-electron chi connectivity index (χ1n) is 5.96. The Bertz CT molecular complexity index is 544. The zero-order valence-corrected chi connectivity index (χ0v) is 13.1. The molecule has 0 spiro atoms. The molecule has 2 aromatic rings. The molecule has 1 radical (unpaired) electrons. The minimum Gasteiger partial charge on any atom is -0.491 e. The van der Waals surface area contributed by atoms with Gasteiger partial charge in [-0.15, -0.1) is 12.4 Å². The van der Waals surface area contributed by atoms with Gasteiger partial charge in [-0.3, -0.25) is 0 Å². The maximum absolute atomic E-state index is 4.37. The van der Waals surface area contributed by atoms with Gasteiger partial charge in [0, 0.05) is 20.1 Å². The van der Waals surface area contributed by atoms with Crippen molar-refractivity contribution < 1.29 is 20.1 Å². The Morgan fingerprint density at radius 1 is 1.32 bits per heavy atom. The predicted molar refractivity (Wildman–Crippen MR) is 71.4 cm³/mol. The molecule has 0 bridgehead atoms. The summed E-state index contributed by atoms with van der Waals surface area (Å²) >= 11 is 0. The topological polar surface area (TPSA) is 32.3 Å². The maximum atomic E-state index is 4.37. The quantitative estimate of drug-likeness (QED) is 0.686. The van der Waals surface area contributed by atoms with Crippen LogP contribution < -0.4 is 9.80 Å². The molecule has 5 heteroatoms. The van der Waals surface area contributed by atoms with Crippen LogP contribution >= 0.6 is 0 Å². The molecule has 0 amide bonds. The molecule has 1 aromatic carbocycles. The van der Waals surface area contributed by atoms with Crippen molar-refractivity contribution >= 4 is 17.2 Å². The van der Waals surface area contributed by atoms with Gasteiger partial charge in [-0.25, -0.2) is 9.97 Å². The van der Waals surface area contributed by atoms with Crippen molar-refractivity contribution in [3.63, 3.8) is 0 Å². The van der Waals surface area contributed by atoms with Crippen molar-refractivity contribution in [3.05, 3.63) is 49.5 Å². The van der Waals surface area contributed by atoms with Crippen LogP contribution in [-0.2, 0) is 20.1 Å². The average Bonchev–Trinajstić information content (AvgIpc) is 2.79. The number of aromatic nitrogens is 2. The van der Waals surface area contributed by atoms with Crippen LogP contribution in [0.4, 0.5) is 17.2 Å². The van der Waals surface area contributed by atoms with E-state index in [1.807, 2.05) is 30.5 Å². The largest absolute Gasteiger partial charge is 0.491 e. The average molecular weight is 431 g/mol. The molecule has 0 saturated carbocycles. The molecule has 0 aliphatic carbocycles. The number of anilines is 3. The molecule has 0 atom stereocenters. The Balaban J connectivity index is 0.00000133. The number of fused-ring (bicyclic) bond motifs is 1. The Morgan fingerprint density at radius 3 is 2.84 bits per heavy atom. The summed E-state index contributed by atoms with van der Waals surface area (Å²) in [5, 5.41) is 0. The van der Waals surface area contributed by atoms with Crippen molar-refractivity contribution in [2.75, 3.05) is 9.80 Å². The van der Waals surface area contributed by atoms with Crippen LogP contribution in [0.25, 0.3) is 0 Å². The van der Waals surface area contributed by atoms with E-state index in [0.29, 0.717) is 6.04 Å². The Morgan fingerprint density at radius 2 is 2.16 bits per heavy atom. The van der Waals surface area contributed by atoms with Gasteiger partial charge in [-0.05, 0) is 19.9 Å². The van der Waals surface area contributed by atoms with Gasteiger partial charge >= 0.3 is 0 Å². The summed E-state index contributed by atoms with van der Waals surface area (Å²) in [6.45, 7) is 6.33. The maximum Gasteiger partial charge on any atom is 0.125 e. The van der Waals surface area contributed by atoms with Crippen LogP contribution in [0.2, 0.25) is 0 Å². The fourth-order valence-corrected chi connectivity index (χ4v) is 2.03. The van der Waals surface area contributed by atoms with Crippen LogP contribution in [0.5, 0.6) is 0 Å². The predicted octanol–water partition coefficient (Wildman–Crippen LogP) is 2.76. The van der Waals surface area contributed by atoms with E-state index in [9.17, 15) is 0 Å². The standard InChI is InChI=1S/C14H14N4.Ir/c1-11(2)17-10-18(12-6-4-3-5-7-12)13-8-15-9-16-14(13)17;/h3-6,8-11H,1-2H3;/q-2;. The molecule has 4 nitrogen and oxygen atoms in total. The summed E-state index contributed by atoms with van der Waals surface area (Å²) in [5.74, 6) is 0.942. The summed E-state index contributed by atoms with van der Waals surface area (Å²) in [6, 6.07) is 11.5. The monoisotopic (exact) mass is 431 g/mol. The smallest absolute Gasteiger partial charge is 0.125 e. The summed E-state index contributed by atoms with van der Waals surface area (Å²) < 4.78 is 0. The van der Waals surface area contributed by atoms with E-state index < -0.39 is 0 Å². The molecule has 1 aromatic heterocycles. The number of hydrogen-bond acceptors (Lipinski definition) is 4. The first kappa shape index (κ1) is 14.0. The van der Waals surface area contributed by atoms with Gasteiger partial charge in [-0.1, -0.05) is 0 Å². The Hall–Kier alpha value is -1.45. The van der Waals surface area contributed by atoms with E-state index in [-0.39, 0.29) is 20.1 Å². The summed E-state index contributed by atoms with van der Waals surface area (Å²) in [7, 11) is 0. The minimum atomic E-state index is 0. The zero-order chi connectivity index (χ0) is 12.5. The second kappa shape index (κ2) is 5.68. The SMILES string of the molecule is CC(C)N1[CH-]N(c2[c-]cccc2)c2cncnc21.[Ir]. The van der Waals surface area contributed by atoms with Gasteiger partial charge < -0.3 is 9.80 Å². The molecule has 0 fully saturated rings. The molecule has 1 aliphatic rings. The van der Waals surface area contributed by atoms with Gasteiger partial charge in [0.25, 0.3) is 0 Å². The molecule has 19 heavy (non-hydrogen) atoms. The van der Waals surface area contributed by atoms with E-state index in [0.717, 1.165) is 17.2 Å². The number of rotatable bonds is 2. The zero-order valence-electron chi connectivity index (χ0n) is 10.7. The van der Waals surface area contributed by atoms with Crippen molar-refractivity contribution in [1.29, 1.82) is 0 Å². The number of para-hydroxylation sites is 1. The third kappa shape index (κ3) is 2.48. The van der Waals surface area contributed by atoms with Gasteiger partial charge in [0.05, 0.1) is 11.9 Å². The number of nitrogens with zero attached hydrogens (tertiary/aromatic N) is 4. The van der Waals surface area contributed by atoms with Crippen LogP contribution in [0.1, 0.15) is 13.8 Å². The van der Waals surface area contributed by atoms with Crippen LogP contribution in [0.15, 0.2) is 36.8 Å². The molecule has 2 heterocycles. The van der Waals surface area contributed by atoms with Crippen LogP contribution in [-0.4, -0.2) is 16.0 Å². The Kier molecular flexibility index (Phi) is 4.17. The summed E-state index contributed by atoms with van der Waals surface area (Å²) in [5.41, 5.74) is 1.99. The van der Waals surface area contributed by atoms with Gasteiger partial charge in [0.2, 0.25) is 0 Å². The second-order valence-electron chi connectivity index (χ2n) is 4.47. The van der Waals surface area contributed by atoms with Crippen LogP contribution in [0.3, 0.4) is 0 Å². The molecule has 0 saturated heterocycles. The fraction of sp³-hybridized carbons (Fsp3) is 0.214. The van der Waals surface area contributed by atoms with Crippen molar-refractivity contribution in [2.45, 2.75) is 19.9 Å². The van der Waals surface area contributed by atoms with E-state index in [1.54, 1.807) is 6.33 Å². The van der Waals surface area contributed by atoms with Gasteiger partial charge in [-0.2, -0.15) is 30.3 Å². The van der Waals surface area contributed by atoms with Crippen molar-refractivity contribution in [1.82, 2.24) is 9.97 Å². The first-order valence-corrected chi connectivity index (χ1v) is 5.96. The third-order valence-electron chi connectivity index (χ3n) is 2.93. The van der Waals surface area contributed by atoms with Gasteiger partial charge in [0.1, 0.15) is 12.1 Å². The number of hydrogen-bond donors (Lipinski definition) is 0. The fourth-order valence-electron chi connectivity index (χ4n) is 2.03. The molecule has 3 rings (SSSR count). The van der Waals surface area contributed by atoms with E-state index in [2.05, 4.69) is 46.4 Å². The summed E-state index contributed by atoms with van der Waals surface area (Å²) in [6.07, 6.45) is 3.42. The molecule has 0 unspecified atom stereocenters. The van der Waals surface area contributed by atoms with Crippen molar-refractivity contribution in [2.24, 2.45) is 0 Å². The molecule has 0 N–H and O–H groups in total.